The summed E-state index contributed by atoms with van der Waals surface area (Å²) in [6.07, 6.45) is 1.05. The first kappa shape index (κ1) is 8.97. The van der Waals surface area contributed by atoms with Gasteiger partial charge in [0.2, 0.25) is 0 Å². The van der Waals surface area contributed by atoms with Crippen LogP contribution in [0.15, 0.2) is 0 Å². The summed E-state index contributed by atoms with van der Waals surface area (Å²) in [5.74, 6) is 0. The van der Waals surface area contributed by atoms with Crippen LogP contribution in [0.2, 0.25) is 0 Å². The zero-order valence-electron chi connectivity index (χ0n) is 7.30. The summed E-state index contributed by atoms with van der Waals surface area (Å²) in [5, 5.41) is 15.5. The van der Waals surface area contributed by atoms with Crippen molar-refractivity contribution < 1.29 is 5.11 Å². The fourth-order valence-electron chi connectivity index (χ4n) is 1.56. The summed E-state index contributed by atoms with van der Waals surface area (Å²) in [5.41, 5.74) is 0. The first-order valence-corrected chi connectivity index (χ1v) is 4.32. The molecular formula is C8H18N2O. The number of aliphatic hydroxyl groups excluding tert-OH is 1. The lowest BCUT2D eigenvalue weighted by Gasteiger charge is -2.14. The van der Waals surface area contributed by atoms with E-state index in [1.54, 1.807) is 0 Å². The highest BCUT2D eigenvalue weighted by molar-refractivity contribution is 4.86. The SMILES string of the molecule is CC(C)NC1CNC(CO)C1. The second-order valence-corrected chi connectivity index (χ2v) is 3.54. The number of aliphatic hydroxyl groups is 1. The molecule has 0 aromatic carbocycles. The fourth-order valence-corrected chi connectivity index (χ4v) is 1.56. The van der Waals surface area contributed by atoms with Gasteiger partial charge in [-0.1, -0.05) is 13.8 Å². The van der Waals surface area contributed by atoms with Crippen molar-refractivity contribution in [1.29, 1.82) is 0 Å². The molecule has 3 N–H and O–H groups in total. The van der Waals surface area contributed by atoms with Crippen molar-refractivity contribution in [2.24, 2.45) is 0 Å². The Morgan fingerprint density at radius 1 is 1.64 bits per heavy atom. The highest BCUT2D eigenvalue weighted by Crippen LogP contribution is 2.06. The normalized spacial score (nSPS) is 31.6. The third-order valence-electron chi connectivity index (χ3n) is 2.01. The predicted molar refractivity (Wildman–Crippen MR) is 45.6 cm³/mol. The highest BCUT2D eigenvalue weighted by atomic mass is 16.3. The van der Waals surface area contributed by atoms with Gasteiger partial charge in [0.1, 0.15) is 0 Å². The maximum Gasteiger partial charge on any atom is 0.0585 e. The molecule has 0 radical (unpaired) electrons. The average Bonchev–Trinajstić information content (AvgIpc) is 2.34. The van der Waals surface area contributed by atoms with E-state index in [1.165, 1.54) is 0 Å². The third kappa shape index (κ3) is 2.77. The van der Waals surface area contributed by atoms with Crippen molar-refractivity contribution in [2.75, 3.05) is 13.2 Å². The molecule has 2 unspecified atom stereocenters. The summed E-state index contributed by atoms with van der Waals surface area (Å²) in [4.78, 5) is 0. The maximum atomic E-state index is 8.83. The van der Waals surface area contributed by atoms with Crippen LogP contribution in [0, 0.1) is 0 Å². The Morgan fingerprint density at radius 3 is 2.82 bits per heavy atom. The van der Waals surface area contributed by atoms with E-state index in [-0.39, 0.29) is 6.61 Å². The Labute approximate surface area is 68.2 Å². The van der Waals surface area contributed by atoms with E-state index >= 15 is 0 Å². The molecule has 0 bridgehead atoms. The minimum absolute atomic E-state index is 0.260. The average molecular weight is 158 g/mol. The van der Waals surface area contributed by atoms with Crippen molar-refractivity contribution in [2.45, 2.75) is 38.4 Å². The molecule has 3 nitrogen and oxygen atoms in total. The van der Waals surface area contributed by atoms with Gasteiger partial charge in [-0.3, -0.25) is 0 Å². The Balaban J connectivity index is 2.19. The zero-order valence-corrected chi connectivity index (χ0v) is 7.30. The van der Waals surface area contributed by atoms with Crippen LogP contribution in [0.1, 0.15) is 20.3 Å². The van der Waals surface area contributed by atoms with Gasteiger partial charge in [-0.2, -0.15) is 0 Å². The molecule has 0 aliphatic carbocycles. The number of rotatable bonds is 3. The van der Waals surface area contributed by atoms with Crippen LogP contribution in [0.4, 0.5) is 0 Å². The van der Waals surface area contributed by atoms with Crippen LogP contribution in [-0.4, -0.2) is 36.4 Å². The molecule has 0 amide bonds. The number of hydrogen-bond acceptors (Lipinski definition) is 3. The standard InChI is InChI=1S/C8H18N2O/c1-6(2)10-7-3-8(5-11)9-4-7/h6-11H,3-5H2,1-2H3. The lowest BCUT2D eigenvalue weighted by Crippen LogP contribution is -2.35. The molecule has 0 aromatic rings. The van der Waals surface area contributed by atoms with Crippen molar-refractivity contribution in [3.8, 4) is 0 Å². The molecule has 1 aliphatic heterocycles. The van der Waals surface area contributed by atoms with E-state index in [9.17, 15) is 0 Å². The number of hydrogen-bond donors (Lipinski definition) is 3. The van der Waals surface area contributed by atoms with E-state index in [4.69, 9.17) is 5.11 Å². The fraction of sp³-hybridized carbons (Fsp3) is 1.00. The molecule has 11 heavy (non-hydrogen) atoms. The largest absolute Gasteiger partial charge is 0.395 e. The second kappa shape index (κ2) is 4.04. The van der Waals surface area contributed by atoms with Crippen LogP contribution in [-0.2, 0) is 0 Å². The van der Waals surface area contributed by atoms with Crippen LogP contribution in [0.25, 0.3) is 0 Å². The highest BCUT2D eigenvalue weighted by Gasteiger charge is 2.22. The van der Waals surface area contributed by atoms with Gasteiger partial charge in [-0.15, -0.1) is 0 Å². The van der Waals surface area contributed by atoms with Gasteiger partial charge in [0.15, 0.2) is 0 Å². The Bertz CT molecular complexity index is 117. The minimum Gasteiger partial charge on any atom is -0.395 e. The molecule has 1 rings (SSSR count). The quantitative estimate of drug-likeness (QED) is 0.529. The second-order valence-electron chi connectivity index (χ2n) is 3.54. The maximum absolute atomic E-state index is 8.83. The topological polar surface area (TPSA) is 44.3 Å². The first-order chi connectivity index (χ1) is 5.22. The molecular weight excluding hydrogens is 140 g/mol. The van der Waals surface area contributed by atoms with Gasteiger partial charge in [0.25, 0.3) is 0 Å². The smallest absolute Gasteiger partial charge is 0.0585 e. The van der Waals surface area contributed by atoms with Gasteiger partial charge in [-0.05, 0) is 6.42 Å². The van der Waals surface area contributed by atoms with E-state index in [0.29, 0.717) is 18.1 Å². The summed E-state index contributed by atoms with van der Waals surface area (Å²) in [6, 6.07) is 1.40. The Kier molecular flexibility index (Phi) is 3.30. The lowest BCUT2D eigenvalue weighted by atomic mass is 10.1. The summed E-state index contributed by atoms with van der Waals surface area (Å²) in [7, 11) is 0. The monoisotopic (exact) mass is 158 g/mol. The van der Waals surface area contributed by atoms with E-state index < -0.39 is 0 Å². The molecule has 2 atom stereocenters. The molecule has 1 fully saturated rings. The molecule has 0 spiro atoms. The Hall–Kier alpha value is -0.120. The summed E-state index contributed by atoms with van der Waals surface area (Å²) < 4.78 is 0. The van der Waals surface area contributed by atoms with Crippen LogP contribution in [0.5, 0.6) is 0 Å². The summed E-state index contributed by atoms with van der Waals surface area (Å²) >= 11 is 0. The number of nitrogens with one attached hydrogen (secondary N) is 2. The van der Waals surface area contributed by atoms with E-state index in [2.05, 4.69) is 24.5 Å². The first-order valence-electron chi connectivity index (χ1n) is 4.32. The molecule has 0 saturated carbocycles. The molecule has 1 saturated heterocycles. The minimum atomic E-state index is 0.260. The van der Waals surface area contributed by atoms with Gasteiger partial charge in [0.05, 0.1) is 6.61 Å². The van der Waals surface area contributed by atoms with Crippen LogP contribution in [0.3, 0.4) is 0 Å². The Morgan fingerprint density at radius 2 is 2.36 bits per heavy atom. The molecule has 1 aliphatic rings. The summed E-state index contributed by atoms with van der Waals surface area (Å²) in [6.45, 7) is 5.54. The molecule has 1 heterocycles. The van der Waals surface area contributed by atoms with Crippen molar-refractivity contribution in [1.82, 2.24) is 10.6 Å². The van der Waals surface area contributed by atoms with Crippen molar-refractivity contribution in [3.05, 3.63) is 0 Å². The molecule has 3 heteroatoms. The van der Waals surface area contributed by atoms with Crippen molar-refractivity contribution >= 4 is 0 Å². The predicted octanol–water partition coefficient (Wildman–Crippen LogP) is -0.293. The van der Waals surface area contributed by atoms with Crippen molar-refractivity contribution in [3.63, 3.8) is 0 Å². The van der Waals surface area contributed by atoms with Gasteiger partial charge >= 0.3 is 0 Å². The van der Waals surface area contributed by atoms with Gasteiger partial charge in [-0.25, -0.2) is 0 Å². The van der Waals surface area contributed by atoms with Crippen LogP contribution >= 0.6 is 0 Å². The van der Waals surface area contributed by atoms with Gasteiger partial charge in [0, 0.05) is 24.7 Å². The molecule has 66 valence electrons. The molecule has 0 aromatic heterocycles. The van der Waals surface area contributed by atoms with Crippen LogP contribution < -0.4 is 10.6 Å². The van der Waals surface area contributed by atoms with Gasteiger partial charge < -0.3 is 15.7 Å². The third-order valence-corrected chi connectivity index (χ3v) is 2.01. The van der Waals surface area contributed by atoms with E-state index in [1.807, 2.05) is 0 Å². The zero-order chi connectivity index (χ0) is 8.27. The lowest BCUT2D eigenvalue weighted by molar-refractivity contribution is 0.253. The van der Waals surface area contributed by atoms with E-state index in [0.717, 1.165) is 13.0 Å².